The Morgan fingerprint density at radius 3 is 3.10 bits per heavy atom. The highest BCUT2D eigenvalue weighted by molar-refractivity contribution is 5.89. The fourth-order valence-electron chi connectivity index (χ4n) is 0.548. The number of allylic oxidation sites excluding steroid dienone is 2. The zero-order valence-electron chi connectivity index (χ0n) is 6.13. The van der Waals surface area contributed by atoms with E-state index in [-0.39, 0.29) is 0 Å². The molecule has 2 heteroatoms. The van der Waals surface area contributed by atoms with Crippen molar-refractivity contribution in [2.45, 2.75) is 13.3 Å². The van der Waals surface area contributed by atoms with E-state index in [0.717, 1.165) is 18.0 Å². The Morgan fingerprint density at radius 2 is 2.60 bits per heavy atom. The van der Waals surface area contributed by atoms with Crippen molar-refractivity contribution in [2.75, 3.05) is 6.61 Å². The van der Waals surface area contributed by atoms with Gasteiger partial charge in [-0.2, -0.15) is 0 Å². The smallest absolute Gasteiger partial charge is 0.228 e. The molecule has 0 amide bonds. The lowest BCUT2D eigenvalue weighted by Gasteiger charge is -1.83. The van der Waals surface area contributed by atoms with Crippen molar-refractivity contribution in [2.24, 2.45) is 4.99 Å². The van der Waals surface area contributed by atoms with Crippen molar-refractivity contribution in [1.29, 1.82) is 0 Å². The minimum Gasteiger partial charge on any atom is -0.468 e. The van der Waals surface area contributed by atoms with E-state index in [2.05, 4.69) is 18.5 Å². The van der Waals surface area contributed by atoms with E-state index >= 15 is 0 Å². The first-order chi connectivity index (χ1) is 4.83. The van der Waals surface area contributed by atoms with Crippen LogP contribution in [0.5, 0.6) is 0 Å². The summed E-state index contributed by atoms with van der Waals surface area (Å²) in [4.78, 5) is 4.04. The number of hydrogen-bond donors (Lipinski definition) is 0. The second-order valence-electron chi connectivity index (χ2n) is 2.10. The maximum atomic E-state index is 4.81. The van der Waals surface area contributed by atoms with Crippen LogP contribution in [-0.4, -0.2) is 12.5 Å². The topological polar surface area (TPSA) is 24.9 Å². The SMILES string of the molecule is C=C(/C=C\CC)N=C1CO1. The lowest BCUT2D eigenvalue weighted by atomic mass is 10.4. The molecule has 2 nitrogen and oxygen atoms in total. The summed E-state index contributed by atoms with van der Waals surface area (Å²) in [5.74, 6) is 0.797. The van der Waals surface area contributed by atoms with E-state index in [9.17, 15) is 0 Å². The molecule has 0 N–H and O–H groups in total. The Morgan fingerprint density at radius 1 is 1.90 bits per heavy atom. The highest BCUT2D eigenvalue weighted by atomic mass is 16.6. The maximum Gasteiger partial charge on any atom is 0.228 e. The molecule has 0 bridgehead atoms. The van der Waals surface area contributed by atoms with Gasteiger partial charge < -0.3 is 4.74 Å². The highest BCUT2D eigenvalue weighted by Gasteiger charge is 2.14. The van der Waals surface area contributed by atoms with Crippen LogP contribution in [0.2, 0.25) is 0 Å². The molecule has 1 fully saturated rings. The molecule has 1 aliphatic rings. The Hall–Kier alpha value is -1.05. The Balaban J connectivity index is 2.34. The predicted octanol–water partition coefficient (Wildman–Crippen LogP) is 1.90. The molecule has 0 saturated carbocycles. The predicted molar refractivity (Wildman–Crippen MR) is 42.0 cm³/mol. The van der Waals surface area contributed by atoms with Crippen molar-refractivity contribution < 1.29 is 4.74 Å². The summed E-state index contributed by atoms with van der Waals surface area (Å²) >= 11 is 0. The molecule has 0 radical (unpaired) electrons. The number of aliphatic imine (C=N–C) groups is 1. The van der Waals surface area contributed by atoms with Gasteiger partial charge in [0.1, 0.15) is 0 Å². The summed E-state index contributed by atoms with van der Waals surface area (Å²) in [6.07, 6.45) is 4.94. The molecule has 54 valence electrons. The van der Waals surface area contributed by atoms with Gasteiger partial charge in [0.25, 0.3) is 0 Å². The maximum absolute atomic E-state index is 4.81. The van der Waals surface area contributed by atoms with Crippen LogP contribution in [0, 0.1) is 0 Å². The Bertz CT molecular complexity index is 185. The number of nitrogens with zero attached hydrogens (tertiary/aromatic N) is 1. The molecule has 1 aliphatic heterocycles. The highest BCUT2D eigenvalue weighted by Crippen LogP contribution is 2.05. The van der Waals surface area contributed by atoms with Crippen molar-refractivity contribution in [3.05, 3.63) is 24.4 Å². The van der Waals surface area contributed by atoms with E-state index in [1.165, 1.54) is 0 Å². The average Bonchev–Trinajstić information content (AvgIpc) is 2.67. The molecule has 0 aromatic heterocycles. The molecule has 0 aromatic carbocycles. The van der Waals surface area contributed by atoms with Crippen molar-refractivity contribution in [3.8, 4) is 0 Å². The average molecular weight is 137 g/mol. The zero-order chi connectivity index (χ0) is 7.40. The standard InChI is InChI=1S/C8H11NO/c1-3-4-5-7(2)9-8-6-10-8/h4-5H,2-3,6H2,1H3/b5-4-,9-8?. The quantitative estimate of drug-likeness (QED) is 0.430. The largest absolute Gasteiger partial charge is 0.468 e. The number of epoxide rings is 1. The molecule has 1 heterocycles. The second-order valence-corrected chi connectivity index (χ2v) is 2.10. The summed E-state index contributed by atoms with van der Waals surface area (Å²) in [6, 6.07) is 0. The van der Waals surface area contributed by atoms with E-state index in [0.29, 0.717) is 6.61 Å². The molecular formula is C8H11NO. The number of hydrogen-bond acceptors (Lipinski definition) is 2. The molecule has 1 rings (SSSR count). The zero-order valence-corrected chi connectivity index (χ0v) is 6.13. The van der Waals surface area contributed by atoms with Gasteiger partial charge in [0.05, 0.1) is 5.70 Å². The van der Waals surface area contributed by atoms with Crippen LogP contribution in [0.1, 0.15) is 13.3 Å². The van der Waals surface area contributed by atoms with E-state index in [1.54, 1.807) is 0 Å². The monoisotopic (exact) mass is 137 g/mol. The van der Waals surface area contributed by atoms with Crippen molar-refractivity contribution >= 4 is 5.90 Å². The first kappa shape index (κ1) is 7.06. The Kier molecular flexibility index (Phi) is 2.26. The van der Waals surface area contributed by atoms with Crippen LogP contribution in [0.15, 0.2) is 29.4 Å². The molecule has 0 atom stereocenters. The third-order valence-electron chi connectivity index (χ3n) is 1.09. The van der Waals surface area contributed by atoms with Crippen molar-refractivity contribution in [3.63, 3.8) is 0 Å². The first-order valence-electron chi connectivity index (χ1n) is 3.38. The minimum absolute atomic E-state index is 0.680. The van der Waals surface area contributed by atoms with Gasteiger partial charge in [-0.05, 0) is 12.5 Å². The van der Waals surface area contributed by atoms with Crippen LogP contribution < -0.4 is 0 Å². The molecule has 0 aliphatic carbocycles. The summed E-state index contributed by atoms with van der Waals surface area (Å²) in [5, 5.41) is 0. The van der Waals surface area contributed by atoms with Gasteiger partial charge in [0.15, 0.2) is 6.61 Å². The van der Waals surface area contributed by atoms with Crippen molar-refractivity contribution in [1.82, 2.24) is 0 Å². The van der Waals surface area contributed by atoms with Crippen LogP contribution >= 0.6 is 0 Å². The van der Waals surface area contributed by atoms with E-state index < -0.39 is 0 Å². The molecule has 0 spiro atoms. The molecule has 0 unspecified atom stereocenters. The van der Waals surface area contributed by atoms with E-state index in [4.69, 9.17) is 4.74 Å². The summed E-state index contributed by atoms with van der Waals surface area (Å²) in [5.41, 5.74) is 0.773. The van der Waals surface area contributed by atoms with Gasteiger partial charge >= 0.3 is 0 Å². The van der Waals surface area contributed by atoms with Crippen LogP contribution in [-0.2, 0) is 4.74 Å². The summed E-state index contributed by atoms with van der Waals surface area (Å²) in [6.45, 7) is 6.47. The molecule has 10 heavy (non-hydrogen) atoms. The van der Waals surface area contributed by atoms with Crippen LogP contribution in [0.25, 0.3) is 0 Å². The van der Waals surface area contributed by atoms with Gasteiger partial charge in [0.2, 0.25) is 5.90 Å². The molecular weight excluding hydrogens is 126 g/mol. The summed E-state index contributed by atoms with van der Waals surface area (Å²) < 4.78 is 4.81. The van der Waals surface area contributed by atoms with Crippen LogP contribution in [0.4, 0.5) is 0 Å². The van der Waals surface area contributed by atoms with Gasteiger partial charge in [-0.1, -0.05) is 19.6 Å². The van der Waals surface area contributed by atoms with E-state index in [1.807, 2.05) is 12.2 Å². The molecule has 0 aromatic rings. The third kappa shape index (κ3) is 2.49. The fraction of sp³-hybridized carbons (Fsp3) is 0.375. The third-order valence-corrected chi connectivity index (χ3v) is 1.09. The van der Waals surface area contributed by atoms with Crippen LogP contribution in [0.3, 0.4) is 0 Å². The van der Waals surface area contributed by atoms with Gasteiger partial charge in [0, 0.05) is 0 Å². The summed E-state index contributed by atoms with van der Waals surface area (Å²) in [7, 11) is 0. The first-order valence-corrected chi connectivity index (χ1v) is 3.38. The van der Waals surface area contributed by atoms with Gasteiger partial charge in [-0.3, -0.25) is 0 Å². The molecule has 1 saturated heterocycles. The minimum atomic E-state index is 0.680. The number of rotatable bonds is 3. The second kappa shape index (κ2) is 3.20. The lowest BCUT2D eigenvalue weighted by molar-refractivity contribution is 0.550. The van der Waals surface area contributed by atoms with Gasteiger partial charge in [-0.15, -0.1) is 0 Å². The lowest BCUT2D eigenvalue weighted by Crippen LogP contribution is -1.71. The Labute approximate surface area is 60.9 Å². The normalized spacial score (nSPS) is 19.5. The van der Waals surface area contributed by atoms with Gasteiger partial charge in [-0.25, -0.2) is 4.99 Å². The fourth-order valence-corrected chi connectivity index (χ4v) is 0.548. The number of ether oxygens (including phenoxy) is 1.